The zero-order valence-electron chi connectivity index (χ0n) is 19.0. The number of alkyl halides is 3. The highest BCUT2D eigenvalue weighted by atomic mass is 35.5. The number of aromatic amines is 1. The van der Waals surface area contributed by atoms with Gasteiger partial charge in [0.05, 0.1) is 21.0 Å². The summed E-state index contributed by atoms with van der Waals surface area (Å²) in [7, 11) is 0. The van der Waals surface area contributed by atoms with Gasteiger partial charge in [-0.15, -0.1) is 11.8 Å². The molecule has 2 aliphatic rings. The molecule has 2 unspecified atom stereocenters. The number of piperazine rings is 1. The van der Waals surface area contributed by atoms with Crippen molar-refractivity contribution in [1.29, 1.82) is 0 Å². The molecule has 8 nitrogen and oxygen atoms in total. The Morgan fingerprint density at radius 1 is 1.20 bits per heavy atom. The zero-order valence-corrected chi connectivity index (χ0v) is 20.6. The van der Waals surface area contributed by atoms with Crippen LogP contribution in [-0.4, -0.2) is 50.4 Å². The van der Waals surface area contributed by atoms with E-state index in [0.717, 1.165) is 6.07 Å². The molecule has 2 aliphatic heterocycles. The maximum Gasteiger partial charge on any atom is 0.417 e. The number of nitrogens with zero attached hydrogens (tertiary/aromatic N) is 4. The number of nitrogens with one attached hydrogen (secondary N) is 2. The molecule has 3 aromatic rings. The lowest BCUT2D eigenvalue weighted by Crippen LogP contribution is -2.55. The maximum absolute atomic E-state index is 13.7. The third kappa shape index (κ3) is 5.49. The molecule has 2 aromatic heterocycles. The number of hydrogen-bond acceptors (Lipinski definition) is 7. The van der Waals surface area contributed by atoms with E-state index in [0.29, 0.717) is 53.4 Å². The lowest BCUT2D eigenvalue weighted by atomic mass is 10.1. The molecule has 35 heavy (non-hydrogen) atoms. The highest BCUT2D eigenvalue weighted by Gasteiger charge is 2.37. The van der Waals surface area contributed by atoms with Gasteiger partial charge in [-0.05, 0) is 38.2 Å². The van der Waals surface area contributed by atoms with Crippen LogP contribution in [0, 0.1) is 0 Å². The topological polar surface area (TPSA) is 95.9 Å². The van der Waals surface area contributed by atoms with E-state index in [1.165, 1.54) is 28.7 Å². The van der Waals surface area contributed by atoms with Crippen LogP contribution in [-0.2, 0) is 12.7 Å². The van der Waals surface area contributed by atoms with Crippen molar-refractivity contribution in [2.45, 2.75) is 50.0 Å². The minimum atomic E-state index is -4.59. The summed E-state index contributed by atoms with van der Waals surface area (Å²) in [5.41, 5.74) is -1.16. The molecule has 13 heteroatoms. The molecule has 1 fully saturated rings. The average Bonchev–Trinajstić information content (AvgIpc) is 3.01. The van der Waals surface area contributed by atoms with E-state index in [1.54, 1.807) is 6.07 Å². The molecule has 0 spiro atoms. The van der Waals surface area contributed by atoms with Gasteiger partial charge in [-0.1, -0.05) is 11.6 Å². The number of aromatic nitrogens is 4. The fourth-order valence-corrected chi connectivity index (χ4v) is 5.85. The molecule has 4 heterocycles. The van der Waals surface area contributed by atoms with Crippen LogP contribution in [0.2, 0.25) is 5.02 Å². The second kappa shape index (κ2) is 10.2. The molecule has 0 aliphatic carbocycles. The largest absolute Gasteiger partial charge is 0.417 e. The van der Waals surface area contributed by atoms with Crippen molar-refractivity contribution in [2.24, 2.45) is 0 Å². The second-order valence-electron chi connectivity index (χ2n) is 8.49. The Balaban J connectivity index is 0.000000356. The van der Waals surface area contributed by atoms with E-state index in [-0.39, 0.29) is 22.8 Å². The second-order valence-corrected chi connectivity index (χ2v) is 9.98. The first kappa shape index (κ1) is 25.5. The summed E-state index contributed by atoms with van der Waals surface area (Å²) in [6, 6.07) is 2.97. The standard InChI is InChI=1S/C18H20ClF3N4OS.C4H4N2O/c1-9-7-25(8-10(2)23-9)16-11-6-12(18(20,21)22)13(19)15-14(11)26(17(27)24-16)4-3-5-28-15;7-4-5-2-1-3-6-4/h6,9-10,23H,3-5,7-8H2,1-2H3;1-3H,(H,5,6,7). The smallest absolute Gasteiger partial charge is 0.353 e. The van der Waals surface area contributed by atoms with E-state index in [9.17, 15) is 22.8 Å². The fourth-order valence-electron chi connectivity index (χ4n) is 4.36. The van der Waals surface area contributed by atoms with E-state index in [2.05, 4.69) is 20.3 Å². The van der Waals surface area contributed by atoms with Crippen molar-refractivity contribution in [3.8, 4) is 0 Å². The number of rotatable bonds is 1. The van der Waals surface area contributed by atoms with Gasteiger partial charge in [0.15, 0.2) is 0 Å². The summed E-state index contributed by atoms with van der Waals surface area (Å²) in [6.07, 6.45) is -0.945. The molecule has 0 radical (unpaired) electrons. The number of benzene rings is 1. The number of thioether (sulfide) groups is 1. The van der Waals surface area contributed by atoms with Crippen LogP contribution in [0.4, 0.5) is 19.0 Å². The molecular formula is C22H24ClF3N6O2S. The quantitative estimate of drug-likeness (QED) is 0.499. The van der Waals surface area contributed by atoms with Crippen molar-refractivity contribution in [1.82, 2.24) is 24.8 Å². The minimum absolute atomic E-state index is 0.127. The molecule has 2 atom stereocenters. The van der Waals surface area contributed by atoms with Gasteiger partial charge in [0, 0.05) is 49.5 Å². The van der Waals surface area contributed by atoms with E-state index in [1.807, 2.05) is 18.7 Å². The highest BCUT2D eigenvalue weighted by molar-refractivity contribution is 7.99. The third-order valence-electron chi connectivity index (χ3n) is 5.65. The first-order chi connectivity index (χ1) is 16.6. The Labute approximate surface area is 207 Å². The van der Waals surface area contributed by atoms with Crippen LogP contribution in [0.25, 0.3) is 10.9 Å². The van der Waals surface area contributed by atoms with Crippen molar-refractivity contribution in [3.63, 3.8) is 0 Å². The zero-order chi connectivity index (χ0) is 25.3. The Hall–Kier alpha value is -2.57. The fraction of sp³-hybridized carbons (Fsp3) is 0.455. The van der Waals surface area contributed by atoms with Crippen LogP contribution in [0.3, 0.4) is 0 Å². The predicted molar refractivity (Wildman–Crippen MR) is 130 cm³/mol. The summed E-state index contributed by atoms with van der Waals surface area (Å²) in [5.74, 6) is 0.899. The number of halogens is 4. The molecule has 0 bridgehead atoms. The van der Waals surface area contributed by atoms with Crippen LogP contribution < -0.4 is 21.6 Å². The molecule has 1 saturated heterocycles. The minimum Gasteiger partial charge on any atom is -0.353 e. The van der Waals surface area contributed by atoms with Gasteiger partial charge in [-0.3, -0.25) is 4.57 Å². The van der Waals surface area contributed by atoms with Gasteiger partial charge in [0.25, 0.3) is 0 Å². The van der Waals surface area contributed by atoms with Crippen molar-refractivity contribution < 1.29 is 13.2 Å². The first-order valence-electron chi connectivity index (χ1n) is 11.0. The van der Waals surface area contributed by atoms with Crippen molar-refractivity contribution in [3.05, 3.63) is 56.1 Å². The summed E-state index contributed by atoms with van der Waals surface area (Å²) in [4.78, 5) is 35.0. The van der Waals surface area contributed by atoms with E-state index >= 15 is 0 Å². The number of aryl methyl sites for hydroxylation is 1. The molecule has 188 valence electrons. The normalized spacial score (nSPS) is 20.2. The summed E-state index contributed by atoms with van der Waals surface area (Å²) in [5, 5.41) is 3.38. The van der Waals surface area contributed by atoms with Crippen molar-refractivity contribution >= 4 is 40.1 Å². The van der Waals surface area contributed by atoms with Gasteiger partial charge in [-0.2, -0.15) is 18.2 Å². The van der Waals surface area contributed by atoms with Crippen LogP contribution in [0.1, 0.15) is 25.8 Å². The molecule has 1 aromatic carbocycles. The molecule has 0 saturated carbocycles. The lowest BCUT2D eigenvalue weighted by molar-refractivity contribution is -0.137. The summed E-state index contributed by atoms with van der Waals surface area (Å²) in [6.45, 7) is 5.53. The van der Waals surface area contributed by atoms with Crippen molar-refractivity contribution in [2.75, 3.05) is 23.7 Å². The Kier molecular flexibility index (Phi) is 7.43. The van der Waals surface area contributed by atoms with Gasteiger partial charge in [0.2, 0.25) is 0 Å². The van der Waals surface area contributed by atoms with Gasteiger partial charge in [-0.25, -0.2) is 14.6 Å². The Bertz CT molecular complexity index is 1320. The molecule has 2 N–H and O–H groups in total. The Morgan fingerprint density at radius 3 is 2.49 bits per heavy atom. The number of hydrogen-bond donors (Lipinski definition) is 2. The van der Waals surface area contributed by atoms with Crippen LogP contribution >= 0.6 is 23.4 Å². The average molecular weight is 529 g/mol. The van der Waals surface area contributed by atoms with E-state index in [4.69, 9.17) is 11.6 Å². The summed E-state index contributed by atoms with van der Waals surface area (Å²) >= 11 is 7.46. The summed E-state index contributed by atoms with van der Waals surface area (Å²) < 4.78 is 42.5. The van der Waals surface area contributed by atoms with Gasteiger partial charge < -0.3 is 15.2 Å². The predicted octanol–water partition coefficient (Wildman–Crippen LogP) is 3.52. The van der Waals surface area contributed by atoms with Crippen LogP contribution in [0.15, 0.2) is 39.0 Å². The highest BCUT2D eigenvalue weighted by Crippen LogP contribution is 2.46. The molecular weight excluding hydrogens is 505 g/mol. The van der Waals surface area contributed by atoms with Crippen LogP contribution in [0.5, 0.6) is 0 Å². The monoisotopic (exact) mass is 528 g/mol. The maximum atomic E-state index is 13.7. The number of anilines is 1. The van der Waals surface area contributed by atoms with Gasteiger partial charge >= 0.3 is 17.6 Å². The SMILES string of the molecule is CC1CN(c2nc(=O)n3c4c(c(Cl)c(C(F)(F)F)cc24)SCCC3)CC(C)N1.O=c1nccc[nH]1. The van der Waals surface area contributed by atoms with Gasteiger partial charge in [0.1, 0.15) is 5.82 Å². The molecule has 0 amide bonds. The third-order valence-corrected chi connectivity index (χ3v) is 7.34. The number of H-pyrrole nitrogens is 1. The first-order valence-corrected chi connectivity index (χ1v) is 12.4. The lowest BCUT2D eigenvalue weighted by Gasteiger charge is -2.37. The molecule has 5 rings (SSSR count). The Morgan fingerprint density at radius 2 is 1.91 bits per heavy atom. The van der Waals surface area contributed by atoms with E-state index < -0.39 is 17.4 Å².